The van der Waals surface area contributed by atoms with E-state index in [1.165, 1.54) is 28.1 Å². The van der Waals surface area contributed by atoms with E-state index in [4.69, 9.17) is 0 Å². The van der Waals surface area contributed by atoms with Gasteiger partial charge in [0.25, 0.3) is 0 Å². The van der Waals surface area contributed by atoms with Crippen LogP contribution in [0.3, 0.4) is 0 Å². The SMILES string of the molecule is Cc1cc(N(C)Cc2ccccc2)ccc1N(C)Cc1ccccc1. The highest BCUT2D eigenvalue weighted by atomic mass is 15.1. The molecule has 0 aliphatic heterocycles. The molecule has 0 atom stereocenters. The molecule has 0 N–H and O–H groups in total. The van der Waals surface area contributed by atoms with Gasteiger partial charge in [-0.3, -0.25) is 0 Å². The van der Waals surface area contributed by atoms with Crippen molar-refractivity contribution in [1.82, 2.24) is 0 Å². The summed E-state index contributed by atoms with van der Waals surface area (Å²) in [5.74, 6) is 0. The van der Waals surface area contributed by atoms with Crippen LogP contribution < -0.4 is 9.80 Å². The van der Waals surface area contributed by atoms with Gasteiger partial charge in [0.15, 0.2) is 0 Å². The van der Waals surface area contributed by atoms with Crippen LogP contribution in [0.25, 0.3) is 0 Å². The fourth-order valence-corrected chi connectivity index (χ4v) is 3.20. The molecule has 0 aliphatic rings. The van der Waals surface area contributed by atoms with Crippen LogP contribution >= 0.6 is 0 Å². The molecule has 0 amide bonds. The van der Waals surface area contributed by atoms with Gasteiger partial charge in [-0.05, 0) is 41.8 Å². The van der Waals surface area contributed by atoms with E-state index < -0.39 is 0 Å². The average Bonchev–Trinajstić information content (AvgIpc) is 2.63. The summed E-state index contributed by atoms with van der Waals surface area (Å²) in [6, 6.07) is 27.9. The monoisotopic (exact) mass is 330 g/mol. The summed E-state index contributed by atoms with van der Waals surface area (Å²) >= 11 is 0. The second-order valence-corrected chi connectivity index (χ2v) is 6.65. The number of rotatable bonds is 6. The van der Waals surface area contributed by atoms with Gasteiger partial charge in [-0.25, -0.2) is 0 Å². The molecule has 3 aromatic rings. The van der Waals surface area contributed by atoms with Crippen LogP contribution in [-0.4, -0.2) is 14.1 Å². The van der Waals surface area contributed by atoms with Gasteiger partial charge in [-0.1, -0.05) is 60.7 Å². The molecule has 0 fully saturated rings. The molecular formula is C23H26N2. The van der Waals surface area contributed by atoms with E-state index in [9.17, 15) is 0 Å². The van der Waals surface area contributed by atoms with E-state index in [0.29, 0.717) is 0 Å². The van der Waals surface area contributed by atoms with Crippen LogP contribution in [-0.2, 0) is 13.1 Å². The molecule has 25 heavy (non-hydrogen) atoms. The zero-order chi connectivity index (χ0) is 17.6. The Balaban J connectivity index is 1.71. The van der Waals surface area contributed by atoms with E-state index in [-0.39, 0.29) is 0 Å². The Hall–Kier alpha value is -2.74. The Labute approximate surface area is 151 Å². The third-order valence-corrected chi connectivity index (χ3v) is 4.56. The number of anilines is 2. The second-order valence-electron chi connectivity index (χ2n) is 6.65. The topological polar surface area (TPSA) is 6.48 Å². The number of hydrogen-bond acceptors (Lipinski definition) is 2. The lowest BCUT2D eigenvalue weighted by Gasteiger charge is -2.25. The van der Waals surface area contributed by atoms with Crippen molar-refractivity contribution < 1.29 is 0 Å². The number of aryl methyl sites for hydroxylation is 1. The minimum atomic E-state index is 0.916. The first-order valence-electron chi connectivity index (χ1n) is 8.74. The van der Waals surface area contributed by atoms with Gasteiger partial charge in [0, 0.05) is 38.6 Å². The van der Waals surface area contributed by atoms with Gasteiger partial charge in [-0.2, -0.15) is 0 Å². The Bertz CT molecular complexity index is 797. The second kappa shape index (κ2) is 7.89. The molecule has 0 spiro atoms. The zero-order valence-electron chi connectivity index (χ0n) is 15.3. The lowest BCUT2D eigenvalue weighted by molar-refractivity contribution is 0.906. The summed E-state index contributed by atoms with van der Waals surface area (Å²) < 4.78 is 0. The lowest BCUT2D eigenvalue weighted by atomic mass is 10.1. The number of hydrogen-bond donors (Lipinski definition) is 0. The van der Waals surface area contributed by atoms with Gasteiger partial charge >= 0.3 is 0 Å². The molecule has 2 heteroatoms. The van der Waals surface area contributed by atoms with Gasteiger partial charge in [-0.15, -0.1) is 0 Å². The summed E-state index contributed by atoms with van der Waals surface area (Å²) in [5, 5.41) is 0. The van der Waals surface area contributed by atoms with Crippen molar-refractivity contribution in [3.8, 4) is 0 Å². The molecule has 0 heterocycles. The van der Waals surface area contributed by atoms with E-state index in [0.717, 1.165) is 13.1 Å². The van der Waals surface area contributed by atoms with Gasteiger partial charge in [0.2, 0.25) is 0 Å². The fraction of sp³-hybridized carbons (Fsp3) is 0.217. The Morgan fingerprint density at radius 1 is 0.640 bits per heavy atom. The molecule has 3 aromatic carbocycles. The minimum Gasteiger partial charge on any atom is -0.370 e. The Morgan fingerprint density at radius 3 is 1.68 bits per heavy atom. The van der Waals surface area contributed by atoms with Crippen molar-refractivity contribution >= 4 is 11.4 Å². The van der Waals surface area contributed by atoms with Crippen molar-refractivity contribution in [2.75, 3.05) is 23.9 Å². The number of benzene rings is 3. The summed E-state index contributed by atoms with van der Waals surface area (Å²) in [4.78, 5) is 4.61. The number of nitrogens with zero attached hydrogens (tertiary/aromatic N) is 2. The smallest absolute Gasteiger partial charge is 0.0426 e. The highest BCUT2D eigenvalue weighted by molar-refractivity contribution is 5.61. The van der Waals surface area contributed by atoms with Crippen molar-refractivity contribution in [1.29, 1.82) is 0 Å². The van der Waals surface area contributed by atoms with Crippen LogP contribution in [0, 0.1) is 6.92 Å². The third-order valence-electron chi connectivity index (χ3n) is 4.56. The Kier molecular flexibility index (Phi) is 5.39. The quantitative estimate of drug-likeness (QED) is 0.607. The largest absolute Gasteiger partial charge is 0.370 e. The van der Waals surface area contributed by atoms with Gasteiger partial charge in [0.05, 0.1) is 0 Å². The molecule has 0 unspecified atom stereocenters. The van der Waals surface area contributed by atoms with Crippen LogP contribution in [0.5, 0.6) is 0 Å². The van der Waals surface area contributed by atoms with Crippen LogP contribution in [0.1, 0.15) is 16.7 Å². The molecule has 128 valence electrons. The van der Waals surface area contributed by atoms with Gasteiger partial charge < -0.3 is 9.80 Å². The van der Waals surface area contributed by atoms with Crippen molar-refractivity contribution in [2.24, 2.45) is 0 Å². The summed E-state index contributed by atoms with van der Waals surface area (Å²) in [5.41, 5.74) is 6.48. The van der Waals surface area contributed by atoms with Crippen LogP contribution in [0.2, 0.25) is 0 Å². The molecular weight excluding hydrogens is 304 g/mol. The predicted molar refractivity (Wildman–Crippen MR) is 108 cm³/mol. The standard InChI is InChI=1S/C23H26N2/c1-19-16-22(24(2)17-20-10-6-4-7-11-20)14-15-23(19)25(3)18-21-12-8-5-9-13-21/h4-16H,17-18H2,1-3H3. The summed E-state index contributed by atoms with van der Waals surface area (Å²) in [7, 11) is 4.30. The third kappa shape index (κ3) is 4.42. The molecule has 0 aliphatic carbocycles. The van der Waals surface area contributed by atoms with Crippen LogP contribution in [0.4, 0.5) is 11.4 Å². The zero-order valence-corrected chi connectivity index (χ0v) is 15.3. The summed E-state index contributed by atoms with van der Waals surface area (Å²) in [6.07, 6.45) is 0. The predicted octanol–water partition coefficient (Wildman–Crippen LogP) is 5.27. The van der Waals surface area contributed by atoms with Crippen molar-refractivity contribution in [3.05, 3.63) is 95.6 Å². The maximum absolute atomic E-state index is 2.31. The van der Waals surface area contributed by atoms with E-state index in [1.54, 1.807) is 0 Å². The molecule has 3 rings (SSSR count). The fourth-order valence-electron chi connectivity index (χ4n) is 3.20. The van der Waals surface area contributed by atoms with Crippen LogP contribution in [0.15, 0.2) is 78.9 Å². The first-order chi connectivity index (χ1) is 12.1. The van der Waals surface area contributed by atoms with Crippen molar-refractivity contribution in [2.45, 2.75) is 20.0 Å². The van der Waals surface area contributed by atoms with E-state index >= 15 is 0 Å². The average molecular weight is 330 g/mol. The maximum Gasteiger partial charge on any atom is 0.0426 e. The summed E-state index contributed by atoms with van der Waals surface area (Å²) in [6.45, 7) is 4.02. The molecule has 0 radical (unpaired) electrons. The molecule has 0 saturated carbocycles. The van der Waals surface area contributed by atoms with E-state index in [2.05, 4.69) is 110 Å². The van der Waals surface area contributed by atoms with E-state index in [1.807, 2.05) is 0 Å². The Morgan fingerprint density at radius 2 is 1.16 bits per heavy atom. The molecule has 0 bridgehead atoms. The molecule has 2 nitrogen and oxygen atoms in total. The highest BCUT2D eigenvalue weighted by Crippen LogP contribution is 2.26. The highest BCUT2D eigenvalue weighted by Gasteiger charge is 2.09. The molecule has 0 aromatic heterocycles. The van der Waals surface area contributed by atoms with Gasteiger partial charge in [0.1, 0.15) is 0 Å². The first kappa shape index (κ1) is 17.1. The molecule has 0 saturated heterocycles. The first-order valence-corrected chi connectivity index (χ1v) is 8.74. The lowest BCUT2D eigenvalue weighted by Crippen LogP contribution is -2.19. The van der Waals surface area contributed by atoms with Crippen molar-refractivity contribution in [3.63, 3.8) is 0 Å². The minimum absolute atomic E-state index is 0.916. The normalized spacial score (nSPS) is 10.5. The maximum atomic E-state index is 2.31.